The van der Waals surface area contributed by atoms with Gasteiger partial charge in [0.2, 0.25) is 0 Å². The molecule has 38 heavy (non-hydrogen) atoms. The Morgan fingerprint density at radius 1 is 0.789 bits per heavy atom. The van der Waals surface area contributed by atoms with Crippen molar-refractivity contribution in [1.29, 1.82) is 0 Å². The first-order valence-electron chi connectivity index (χ1n) is 13.7. The number of aromatic nitrogens is 2. The molecule has 0 spiro atoms. The Kier molecular flexibility index (Phi) is 7.22. The molecule has 0 saturated carbocycles. The first-order chi connectivity index (χ1) is 19.0. The molecule has 0 fully saturated rings. The quantitative estimate of drug-likeness (QED) is 0.139. The van der Waals surface area contributed by atoms with Crippen LogP contribution in [0.15, 0.2) is 95.7 Å². The predicted octanol–water partition coefficient (Wildman–Crippen LogP) is 8.16. The summed E-state index contributed by atoms with van der Waals surface area (Å²) < 4.78 is 28.7. The number of rotatable bonds is 3. The molecule has 3 aromatic carbocycles. The van der Waals surface area contributed by atoms with Crippen LogP contribution in [0.3, 0.4) is 0 Å². The van der Waals surface area contributed by atoms with Crippen LogP contribution in [0.4, 0.5) is 0 Å². The number of furan rings is 1. The Balaban J connectivity index is 0.000000233. The van der Waals surface area contributed by atoms with Crippen LogP contribution in [-0.2, 0) is 20.1 Å². The molecule has 0 saturated heterocycles. The Morgan fingerprint density at radius 3 is 2.21 bits per heavy atom. The molecule has 0 N–H and O–H groups in total. The van der Waals surface area contributed by atoms with Crippen LogP contribution in [0, 0.1) is 25.9 Å². The molecule has 3 aromatic heterocycles. The van der Waals surface area contributed by atoms with Gasteiger partial charge >= 0.3 is 0 Å². The van der Waals surface area contributed by atoms with Crippen molar-refractivity contribution in [2.75, 3.05) is 0 Å². The van der Waals surface area contributed by atoms with Gasteiger partial charge in [-0.15, -0.1) is 54.1 Å². The van der Waals surface area contributed by atoms with Crippen LogP contribution in [0.1, 0.15) is 15.2 Å². The zero-order valence-corrected chi connectivity index (χ0v) is 25.2. The molecule has 193 valence electrons. The summed E-state index contributed by atoms with van der Waals surface area (Å²) in [7, 11) is -1.43. The summed E-state index contributed by atoms with van der Waals surface area (Å²) in [4.78, 5) is 8.67. The first kappa shape index (κ1) is 23.7. The number of benzene rings is 3. The summed E-state index contributed by atoms with van der Waals surface area (Å²) in [5, 5.41) is 3.43. The summed E-state index contributed by atoms with van der Waals surface area (Å²) in [6.07, 6.45) is 3.27. The van der Waals surface area contributed by atoms with Crippen molar-refractivity contribution in [3.63, 3.8) is 0 Å². The molecule has 1 radical (unpaired) electrons. The molecule has 0 aliphatic carbocycles. The van der Waals surface area contributed by atoms with Crippen LogP contribution in [0.25, 0.3) is 44.5 Å². The minimum Gasteiger partial charge on any atom is -0.501 e. The Bertz CT molecular complexity index is 1760. The minimum atomic E-state index is -2.16. The van der Waals surface area contributed by atoms with E-state index in [1.54, 1.807) is 12.1 Å². The maximum atomic E-state index is 7.49. The maximum Gasteiger partial charge on any atom is 0.120 e. The van der Waals surface area contributed by atoms with E-state index in [9.17, 15) is 0 Å². The fourth-order valence-electron chi connectivity index (χ4n) is 4.12. The maximum absolute atomic E-state index is 7.49. The molecule has 0 atom stereocenters. The normalized spacial score (nSPS) is 12.6. The van der Waals surface area contributed by atoms with E-state index < -0.39 is 14.9 Å². The van der Waals surface area contributed by atoms with Gasteiger partial charge in [-0.2, -0.15) is 0 Å². The predicted molar refractivity (Wildman–Crippen MR) is 157 cm³/mol. The Labute approximate surface area is 243 Å². The smallest absolute Gasteiger partial charge is 0.120 e. The van der Waals surface area contributed by atoms with Crippen molar-refractivity contribution >= 4 is 35.2 Å². The van der Waals surface area contributed by atoms with Gasteiger partial charge in [0, 0.05) is 42.0 Å². The van der Waals surface area contributed by atoms with E-state index in [1.807, 2.05) is 55.6 Å². The van der Waals surface area contributed by atoms with E-state index in [4.69, 9.17) is 8.53 Å². The number of fused-ring (bicyclic) bond motifs is 3. The number of pyridine rings is 2. The van der Waals surface area contributed by atoms with Crippen LogP contribution in [0.2, 0.25) is 19.6 Å². The summed E-state index contributed by atoms with van der Waals surface area (Å²) in [5.74, 6) is 0. The Morgan fingerprint density at radius 2 is 1.55 bits per heavy atom. The monoisotopic (exact) mass is 694 g/mol. The summed E-state index contributed by atoms with van der Waals surface area (Å²) >= 11 is 0. The molecule has 0 aliphatic heterocycles. The SMILES string of the molecule is Cc1ccc(-c2[c-]cccc2)nc1.[2H]C([2H])([2H])c1ccc(-c2[c-]ccc3c2oc2cc([Si](C)(C)C)ccc23)nc1.[Ir]. The fraction of sp³-hybridized carbons (Fsp3) is 0.152. The first-order valence-corrected chi connectivity index (χ1v) is 15.7. The third-order valence-corrected chi connectivity index (χ3v) is 8.26. The zero-order chi connectivity index (χ0) is 28.5. The van der Waals surface area contributed by atoms with Crippen LogP contribution in [0.5, 0.6) is 0 Å². The molecule has 3 nitrogen and oxygen atoms in total. The largest absolute Gasteiger partial charge is 0.501 e. The molecule has 3 heterocycles. The number of hydrogen-bond acceptors (Lipinski definition) is 3. The van der Waals surface area contributed by atoms with Gasteiger partial charge in [0.1, 0.15) is 5.58 Å². The van der Waals surface area contributed by atoms with Crippen LogP contribution >= 0.6 is 0 Å². The number of hydrogen-bond donors (Lipinski definition) is 0. The van der Waals surface area contributed by atoms with Gasteiger partial charge in [-0.1, -0.05) is 72.2 Å². The molecule has 0 aliphatic rings. The second-order valence-electron chi connectivity index (χ2n) is 10.1. The molecule has 0 bridgehead atoms. The molecule has 6 rings (SSSR count). The molecule has 0 amide bonds. The molecular weight excluding hydrogens is 661 g/mol. The average molecular weight is 694 g/mol. The van der Waals surface area contributed by atoms with Crippen LogP contribution < -0.4 is 5.19 Å². The van der Waals surface area contributed by atoms with Crippen molar-refractivity contribution in [2.24, 2.45) is 0 Å². The number of nitrogens with zero attached hydrogens (tertiary/aromatic N) is 2. The van der Waals surface area contributed by atoms with E-state index in [0.717, 1.165) is 38.8 Å². The second kappa shape index (κ2) is 11.6. The summed E-state index contributed by atoms with van der Waals surface area (Å²) in [5.41, 5.74) is 6.42. The van der Waals surface area contributed by atoms with Gasteiger partial charge in [-0.05, 0) is 42.4 Å². The zero-order valence-electron chi connectivity index (χ0n) is 24.8. The van der Waals surface area contributed by atoms with Gasteiger partial charge in [-0.3, -0.25) is 0 Å². The van der Waals surface area contributed by atoms with Crippen molar-refractivity contribution in [2.45, 2.75) is 33.4 Å². The van der Waals surface area contributed by atoms with Gasteiger partial charge in [0.05, 0.1) is 13.7 Å². The van der Waals surface area contributed by atoms with E-state index in [1.165, 1.54) is 16.9 Å². The van der Waals surface area contributed by atoms with E-state index >= 15 is 0 Å². The molecule has 6 aromatic rings. The van der Waals surface area contributed by atoms with E-state index in [0.29, 0.717) is 5.69 Å². The number of aryl methyl sites for hydroxylation is 2. The third kappa shape index (κ3) is 6.02. The fourth-order valence-corrected chi connectivity index (χ4v) is 5.27. The van der Waals surface area contributed by atoms with Crippen molar-refractivity contribution < 1.29 is 28.6 Å². The van der Waals surface area contributed by atoms with E-state index in [2.05, 4.69) is 66.0 Å². The van der Waals surface area contributed by atoms with Crippen molar-refractivity contribution in [3.05, 3.63) is 115 Å². The summed E-state index contributed by atoms with van der Waals surface area (Å²) in [6, 6.07) is 31.9. The topological polar surface area (TPSA) is 38.9 Å². The van der Waals surface area contributed by atoms with Crippen molar-refractivity contribution in [3.8, 4) is 22.5 Å². The van der Waals surface area contributed by atoms with E-state index in [-0.39, 0.29) is 25.7 Å². The standard InChI is InChI=1S/C21H20NOSi.C12H10N.Ir/c1-14-8-11-19(22-13-14)18-7-5-6-17-16-10-9-15(24(2,3)4)12-20(16)23-21(17)18;1-10-7-8-12(13-9-10)11-5-3-2-4-6-11;/h5-6,8-13H,1-4H3;2-5,7-9H,1H3;/q2*-1;/i1D3;;. The third-order valence-electron chi connectivity index (χ3n) is 6.22. The summed E-state index contributed by atoms with van der Waals surface area (Å²) in [6.45, 7) is 6.81. The Hall–Kier alpha value is -3.37. The van der Waals surface area contributed by atoms with Crippen molar-refractivity contribution in [1.82, 2.24) is 9.97 Å². The van der Waals surface area contributed by atoms with Gasteiger partial charge in [0.15, 0.2) is 0 Å². The van der Waals surface area contributed by atoms with Gasteiger partial charge < -0.3 is 14.4 Å². The molecular formula is C33H30IrN2OSi-2. The minimum absolute atomic E-state index is 0. The van der Waals surface area contributed by atoms with Gasteiger partial charge in [0.25, 0.3) is 0 Å². The molecule has 5 heteroatoms. The second-order valence-corrected chi connectivity index (χ2v) is 15.2. The van der Waals surface area contributed by atoms with Crippen LogP contribution in [-0.4, -0.2) is 18.0 Å². The molecule has 0 unspecified atom stereocenters. The average Bonchev–Trinajstić information content (AvgIpc) is 3.32. The van der Waals surface area contributed by atoms with Gasteiger partial charge in [-0.25, -0.2) is 0 Å².